The Labute approximate surface area is 169 Å². The number of rotatable bonds is 4. The summed E-state index contributed by atoms with van der Waals surface area (Å²) in [6.45, 7) is 8.44. The summed E-state index contributed by atoms with van der Waals surface area (Å²) in [5, 5.41) is 7.64. The zero-order valence-electron chi connectivity index (χ0n) is 16.8. The van der Waals surface area contributed by atoms with Crippen molar-refractivity contribution in [3.63, 3.8) is 0 Å². The van der Waals surface area contributed by atoms with Crippen molar-refractivity contribution in [3.05, 3.63) is 54.5 Å². The van der Waals surface area contributed by atoms with Gasteiger partial charge in [-0.2, -0.15) is 4.98 Å². The number of hydrogen-bond donors (Lipinski definition) is 2. The Morgan fingerprint density at radius 1 is 0.966 bits per heavy atom. The second kappa shape index (κ2) is 7.33. The highest BCUT2D eigenvalue weighted by Gasteiger charge is 2.12. The van der Waals surface area contributed by atoms with Crippen LogP contribution in [0, 0.1) is 0 Å². The summed E-state index contributed by atoms with van der Waals surface area (Å²) in [5.41, 5.74) is 4.44. The topological polar surface area (TPSA) is 70.4 Å². The molecule has 0 unspecified atom stereocenters. The molecule has 7 nitrogen and oxygen atoms in total. The Morgan fingerprint density at radius 3 is 2.55 bits per heavy atom. The highest BCUT2D eigenvalue weighted by molar-refractivity contribution is 5.80. The number of hydrogen-bond acceptors (Lipinski definition) is 6. The van der Waals surface area contributed by atoms with Gasteiger partial charge in [-0.15, -0.1) is 0 Å². The minimum Gasteiger partial charge on any atom is -0.368 e. The van der Waals surface area contributed by atoms with E-state index in [9.17, 15) is 0 Å². The molecule has 5 heterocycles. The predicted molar refractivity (Wildman–Crippen MR) is 117 cm³/mol. The molecular formula is C22H25N7. The molecule has 0 atom stereocenters. The zero-order chi connectivity index (χ0) is 19.8. The molecule has 1 aliphatic heterocycles. The first-order valence-corrected chi connectivity index (χ1v) is 10.1. The molecule has 0 spiro atoms. The van der Waals surface area contributed by atoms with Gasteiger partial charge in [0.15, 0.2) is 0 Å². The van der Waals surface area contributed by atoms with Crippen LogP contribution in [0.3, 0.4) is 0 Å². The molecule has 1 fully saturated rings. The van der Waals surface area contributed by atoms with Crippen molar-refractivity contribution in [2.45, 2.75) is 19.8 Å². The molecule has 0 radical (unpaired) electrons. The highest BCUT2D eigenvalue weighted by Crippen LogP contribution is 2.25. The van der Waals surface area contributed by atoms with Crippen molar-refractivity contribution in [1.82, 2.24) is 24.7 Å². The maximum absolute atomic E-state index is 4.81. The average molecular weight is 387 g/mol. The SMILES string of the molecule is CC(C)c1ccc2ccc3cnc(Nc4ccc(N5CCNCC5)cn4)nc3n12. The third-order valence-corrected chi connectivity index (χ3v) is 5.44. The van der Waals surface area contributed by atoms with E-state index in [4.69, 9.17) is 4.98 Å². The fraction of sp³-hybridized carbons (Fsp3) is 0.318. The number of nitrogens with one attached hydrogen (secondary N) is 2. The molecule has 4 aromatic rings. The Balaban J connectivity index is 1.46. The van der Waals surface area contributed by atoms with Crippen molar-refractivity contribution in [2.75, 3.05) is 36.4 Å². The molecule has 0 saturated carbocycles. The predicted octanol–water partition coefficient (Wildman–Crippen LogP) is 3.55. The van der Waals surface area contributed by atoms with E-state index in [0.29, 0.717) is 11.9 Å². The van der Waals surface area contributed by atoms with Gasteiger partial charge in [-0.1, -0.05) is 13.8 Å². The molecule has 0 aromatic carbocycles. The van der Waals surface area contributed by atoms with Crippen LogP contribution in [-0.4, -0.2) is 45.5 Å². The summed E-state index contributed by atoms with van der Waals surface area (Å²) in [5.74, 6) is 1.71. The largest absolute Gasteiger partial charge is 0.368 e. The van der Waals surface area contributed by atoms with E-state index < -0.39 is 0 Å². The molecule has 0 bridgehead atoms. The van der Waals surface area contributed by atoms with Crippen LogP contribution in [0.2, 0.25) is 0 Å². The van der Waals surface area contributed by atoms with E-state index in [2.05, 4.69) is 74.1 Å². The van der Waals surface area contributed by atoms with Crippen LogP contribution in [0.15, 0.2) is 48.8 Å². The molecular weight excluding hydrogens is 362 g/mol. The summed E-state index contributed by atoms with van der Waals surface area (Å²) in [6, 6.07) is 12.6. The lowest BCUT2D eigenvalue weighted by Crippen LogP contribution is -2.43. The number of anilines is 3. The van der Waals surface area contributed by atoms with Gasteiger partial charge in [0.2, 0.25) is 5.95 Å². The van der Waals surface area contributed by atoms with Crippen LogP contribution in [0.1, 0.15) is 25.5 Å². The monoisotopic (exact) mass is 387 g/mol. The van der Waals surface area contributed by atoms with E-state index in [-0.39, 0.29) is 0 Å². The third kappa shape index (κ3) is 3.38. The van der Waals surface area contributed by atoms with Crippen LogP contribution in [0.25, 0.3) is 16.6 Å². The second-order valence-electron chi connectivity index (χ2n) is 7.74. The van der Waals surface area contributed by atoms with E-state index in [1.165, 1.54) is 5.69 Å². The summed E-state index contributed by atoms with van der Waals surface area (Å²) in [6.07, 6.45) is 3.78. The fourth-order valence-corrected chi connectivity index (χ4v) is 3.89. The number of aromatic nitrogens is 4. The Kier molecular flexibility index (Phi) is 4.52. The molecule has 5 rings (SSSR count). The summed E-state index contributed by atoms with van der Waals surface area (Å²) >= 11 is 0. The summed E-state index contributed by atoms with van der Waals surface area (Å²) in [7, 11) is 0. The van der Waals surface area contributed by atoms with Gasteiger partial charge in [0, 0.05) is 49.0 Å². The van der Waals surface area contributed by atoms with Gasteiger partial charge < -0.3 is 15.5 Å². The second-order valence-corrected chi connectivity index (χ2v) is 7.74. The van der Waals surface area contributed by atoms with Gasteiger partial charge in [0.1, 0.15) is 11.5 Å². The van der Waals surface area contributed by atoms with Crippen molar-refractivity contribution in [3.8, 4) is 0 Å². The molecule has 148 valence electrons. The van der Waals surface area contributed by atoms with Crippen molar-refractivity contribution >= 4 is 34.0 Å². The lowest BCUT2D eigenvalue weighted by Gasteiger charge is -2.29. The Morgan fingerprint density at radius 2 is 1.79 bits per heavy atom. The molecule has 1 aliphatic rings. The summed E-state index contributed by atoms with van der Waals surface area (Å²) in [4.78, 5) is 16.2. The van der Waals surface area contributed by atoms with E-state index in [1.807, 2.05) is 18.5 Å². The van der Waals surface area contributed by atoms with Crippen molar-refractivity contribution in [1.29, 1.82) is 0 Å². The average Bonchev–Trinajstić information content (AvgIpc) is 3.20. The van der Waals surface area contributed by atoms with Gasteiger partial charge in [-0.25, -0.2) is 9.97 Å². The standard InChI is InChI=1S/C22H25N7/c1-15(2)19-7-5-17-4-3-16-13-25-22(27-21(16)29(17)19)26-20-8-6-18(14-24-20)28-11-9-23-10-12-28/h3-8,13-15,23H,9-12H2,1-2H3,(H,24,25,26,27). The first kappa shape index (κ1) is 17.9. The van der Waals surface area contributed by atoms with Crippen LogP contribution in [0.5, 0.6) is 0 Å². The maximum atomic E-state index is 4.81. The molecule has 29 heavy (non-hydrogen) atoms. The molecule has 0 amide bonds. The van der Waals surface area contributed by atoms with Crippen molar-refractivity contribution < 1.29 is 0 Å². The normalized spacial score (nSPS) is 14.8. The van der Waals surface area contributed by atoms with E-state index in [1.54, 1.807) is 0 Å². The van der Waals surface area contributed by atoms with E-state index in [0.717, 1.165) is 54.2 Å². The van der Waals surface area contributed by atoms with Crippen LogP contribution in [0.4, 0.5) is 17.5 Å². The number of piperazine rings is 1. The van der Waals surface area contributed by atoms with Crippen molar-refractivity contribution in [2.24, 2.45) is 0 Å². The zero-order valence-corrected chi connectivity index (χ0v) is 16.8. The van der Waals surface area contributed by atoms with Gasteiger partial charge in [-0.3, -0.25) is 4.40 Å². The molecule has 2 N–H and O–H groups in total. The number of pyridine rings is 2. The van der Waals surface area contributed by atoms with Crippen LogP contribution >= 0.6 is 0 Å². The highest BCUT2D eigenvalue weighted by atomic mass is 15.2. The lowest BCUT2D eigenvalue weighted by molar-refractivity contribution is 0.589. The summed E-state index contributed by atoms with van der Waals surface area (Å²) < 4.78 is 2.22. The number of nitrogens with zero attached hydrogens (tertiary/aromatic N) is 5. The quantitative estimate of drug-likeness (QED) is 0.558. The van der Waals surface area contributed by atoms with Crippen LogP contribution < -0.4 is 15.5 Å². The lowest BCUT2D eigenvalue weighted by atomic mass is 10.1. The van der Waals surface area contributed by atoms with Gasteiger partial charge in [0.25, 0.3) is 0 Å². The van der Waals surface area contributed by atoms with Gasteiger partial charge in [0.05, 0.1) is 11.9 Å². The minimum absolute atomic E-state index is 0.411. The van der Waals surface area contributed by atoms with E-state index >= 15 is 0 Å². The maximum Gasteiger partial charge on any atom is 0.230 e. The van der Waals surface area contributed by atoms with Gasteiger partial charge >= 0.3 is 0 Å². The van der Waals surface area contributed by atoms with Gasteiger partial charge in [-0.05, 0) is 42.3 Å². The minimum atomic E-state index is 0.411. The van der Waals surface area contributed by atoms with Crippen LogP contribution in [-0.2, 0) is 0 Å². The first-order valence-electron chi connectivity index (χ1n) is 10.1. The number of fused-ring (bicyclic) bond motifs is 3. The third-order valence-electron chi connectivity index (χ3n) is 5.44. The molecule has 0 aliphatic carbocycles. The Bertz CT molecular complexity index is 1140. The Hall–Kier alpha value is -3.19. The fourth-order valence-electron chi connectivity index (χ4n) is 3.89. The molecule has 4 aromatic heterocycles. The molecule has 1 saturated heterocycles. The smallest absolute Gasteiger partial charge is 0.230 e. The molecule has 7 heteroatoms. The first-order chi connectivity index (χ1) is 14.2.